The molecule has 0 radical (unpaired) electrons. The maximum absolute atomic E-state index is 5.63. The van der Waals surface area contributed by atoms with Crippen LogP contribution in [0.2, 0.25) is 0 Å². The van der Waals surface area contributed by atoms with Gasteiger partial charge in [-0.1, -0.05) is 36.9 Å². The lowest BCUT2D eigenvalue weighted by molar-refractivity contribution is 0.296. The smallest absolute Gasteiger partial charge is 0.131 e. The second-order valence-electron chi connectivity index (χ2n) is 6.58. The first kappa shape index (κ1) is 18.7. The topological polar surface area (TPSA) is 62.1 Å². The van der Waals surface area contributed by atoms with Crippen LogP contribution in [0.5, 0.6) is 5.75 Å². The third-order valence-corrected chi connectivity index (χ3v) is 4.71. The van der Waals surface area contributed by atoms with E-state index in [0.717, 1.165) is 39.0 Å². The molecule has 6 heteroatoms. The van der Waals surface area contributed by atoms with E-state index in [-0.39, 0.29) is 0 Å². The van der Waals surface area contributed by atoms with Gasteiger partial charge in [-0.05, 0) is 13.0 Å². The van der Waals surface area contributed by atoms with Crippen molar-refractivity contribution in [3.63, 3.8) is 0 Å². The Kier molecular flexibility index (Phi) is 4.99. The highest BCUT2D eigenvalue weighted by molar-refractivity contribution is 5.98. The van der Waals surface area contributed by atoms with Gasteiger partial charge in [-0.2, -0.15) is 5.10 Å². The Morgan fingerprint density at radius 3 is 2.62 bits per heavy atom. The minimum atomic E-state index is 0.527. The standard InChI is InChI=1S/C23H22N4O2/c1-5-29-15(2)17-11-18-20(12-21(17)28-4)24-14-25-23(18)19-13-27(3)26-22(19)16-9-7-6-8-10-16/h6-14H,2,5H2,1,3-4H3. The van der Waals surface area contributed by atoms with E-state index in [1.54, 1.807) is 18.1 Å². The first-order chi connectivity index (χ1) is 14.1. The zero-order valence-electron chi connectivity index (χ0n) is 16.7. The van der Waals surface area contributed by atoms with Gasteiger partial charge in [0.25, 0.3) is 0 Å². The van der Waals surface area contributed by atoms with E-state index in [1.807, 2.05) is 62.6 Å². The predicted octanol–water partition coefficient (Wildman–Crippen LogP) is 4.71. The Bertz CT molecular complexity index is 1180. The first-order valence-corrected chi connectivity index (χ1v) is 9.36. The molecule has 2 heterocycles. The predicted molar refractivity (Wildman–Crippen MR) is 114 cm³/mol. The highest BCUT2D eigenvalue weighted by atomic mass is 16.5. The zero-order valence-corrected chi connectivity index (χ0v) is 16.7. The average molecular weight is 386 g/mol. The van der Waals surface area contributed by atoms with Crippen LogP contribution in [0, 0.1) is 0 Å². The average Bonchev–Trinajstić information content (AvgIpc) is 3.14. The van der Waals surface area contributed by atoms with Crippen molar-refractivity contribution in [1.82, 2.24) is 19.7 Å². The van der Waals surface area contributed by atoms with Crippen LogP contribution in [0.4, 0.5) is 0 Å². The molecular formula is C23H22N4O2. The second-order valence-corrected chi connectivity index (χ2v) is 6.58. The summed E-state index contributed by atoms with van der Waals surface area (Å²) in [5.41, 5.74) is 5.20. The van der Waals surface area contributed by atoms with E-state index < -0.39 is 0 Å². The van der Waals surface area contributed by atoms with E-state index in [0.29, 0.717) is 18.1 Å². The maximum Gasteiger partial charge on any atom is 0.131 e. The number of ether oxygens (including phenoxy) is 2. The van der Waals surface area contributed by atoms with Crippen molar-refractivity contribution < 1.29 is 9.47 Å². The molecule has 0 aliphatic heterocycles. The van der Waals surface area contributed by atoms with Gasteiger partial charge >= 0.3 is 0 Å². The molecule has 0 saturated carbocycles. The van der Waals surface area contributed by atoms with E-state index in [2.05, 4.69) is 21.6 Å². The van der Waals surface area contributed by atoms with E-state index in [4.69, 9.17) is 9.47 Å². The minimum Gasteiger partial charge on any atom is -0.496 e. The summed E-state index contributed by atoms with van der Waals surface area (Å²) in [4.78, 5) is 9.05. The monoisotopic (exact) mass is 386 g/mol. The molecule has 0 atom stereocenters. The minimum absolute atomic E-state index is 0.527. The summed E-state index contributed by atoms with van der Waals surface area (Å²) in [5, 5.41) is 5.56. The molecule has 0 aliphatic rings. The third-order valence-electron chi connectivity index (χ3n) is 4.71. The van der Waals surface area contributed by atoms with Gasteiger partial charge in [0.05, 0.1) is 30.5 Å². The van der Waals surface area contributed by atoms with Gasteiger partial charge in [-0.15, -0.1) is 0 Å². The molecule has 0 N–H and O–H groups in total. The maximum atomic E-state index is 5.63. The van der Waals surface area contributed by atoms with Crippen LogP contribution in [0.15, 0.2) is 61.6 Å². The van der Waals surface area contributed by atoms with Crippen LogP contribution in [-0.4, -0.2) is 33.5 Å². The lowest BCUT2D eigenvalue weighted by atomic mass is 10.0. The molecule has 0 unspecified atom stereocenters. The van der Waals surface area contributed by atoms with Gasteiger partial charge in [-0.25, -0.2) is 9.97 Å². The second kappa shape index (κ2) is 7.75. The Labute approximate surface area is 169 Å². The SMILES string of the molecule is C=C(OCC)c1cc2c(-c3cn(C)nc3-c3ccccc3)ncnc2cc1OC. The molecule has 0 saturated heterocycles. The molecule has 2 aromatic heterocycles. The van der Waals surface area contributed by atoms with E-state index in [1.165, 1.54) is 0 Å². The van der Waals surface area contributed by atoms with Crippen molar-refractivity contribution in [2.24, 2.45) is 7.05 Å². The molecule has 4 aromatic rings. The fourth-order valence-corrected chi connectivity index (χ4v) is 3.41. The van der Waals surface area contributed by atoms with Crippen molar-refractivity contribution >= 4 is 16.7 Å². The van der Waals surface area contributed by atoms with Gasteiger partial charge in [0, 0.05) is 35.8 Å². The Balaban J connectivity index is 1.96. The van der Waals surface area contributed by atoms with Crippen molar-refractivity contribution in [3.8, 4) is 28.3 Å². The largest absolute Gasteiger partial charge is 0.496 e. The van der Waals surface area contributed by atoms with Crippen LogP contribution in [-0.2, 0) is 11.8 Å². The summed E-state index contributed by atoms with van der Waals surface area (Å²) >= 11 is 0. The fraction of sp³-hybridized carbons (Fsp3) is 0.174. The number of aryl methyl sites for hydroxylation is 1. The van der Waals surface area contributed by atoms with Crippen molar-refractivity contribution in [3.05, 3.63) is 67.1 Å². The van der Waals surface area contributed by atoms with Crippen LogP contribution in [0.3, 0.4) is 0 Å². The first-order valence-electron chi connectivity index (χ1n) is 9.36. The summed E-state index contributed by atoms with van der Waals surface area (Å²) in [5.74, 6) is 1.21. The molecule has 0 aliphatic carbocycles. The summed E-state index contributed by atoms with van der Waals surface area (Å²) < 4.78 is 13.0. The van der Waals surface area contributed by atoms with Gasteiger partial charge in [0.15, 0.2) is 0 Å². The molecule has 2 aromatic carbocycles. The highest BCUT2D eigenvalue weighted by Crippen LogP contribution is 2.37. The van der Waals surface area contributed by atoms with E-state index >= 15 is 0 Å². The highest BCUT2D eigenvalue weighted by Gasteiger charge is 2.19. The molecule has 0 amide bonds. The number of hydrogen-bond donors (Lipinski definition) is 0. The summed E-state index contributed by atoms with van der Waals surface area (Å²) in [6.07, 6.45) is 3.54. The number of aromatic nitrogens is 4. The number of methoxy groups -OCH3 is 1. The van der Waals surface area contributed by atoms with Gasteiger partial charge in [0.1, 0.15) is 23.5 Å². The Morgan fingerprint density at radius 2 is 1.90 bits per heavy atom. The molecule has 4 rings (SSSR count). The van der Waals surface area contributed by atoms with Crippen molar-refractivity contribution in [2.45, 2.75) is 6.92 Å². The molecule has 6 nitrogen and oxygen atoms in total. The quantitative estimate of drug-likeness (QED) is 0.449. The third kappa shape index (κ3) is 3.45. The summed E-state index contributed by atoms with van der Waals surface area (Å²) in [6.45, 7) is 6.49. The molecule has 29 heavy (non-hydrogen) atoms. The van der Waals surface area contributed by atoms with Gasteiger partial charge in [-0.3, -0.25) is 4.68 Å². The van der Waals surface area contributed by atoms with Crippen LogP contribution >= 0.6 is 0 Å². The number of rotatable bonds is 6. The fourth-order valence-electron chi connectivity index (χ4n) is 3.41. The number of fused-ring (bicyclic) bond motifs is 1. The number of benzene rings is 2. The van der Waals surface area contributed by atoms with Gasteiger partial charge < -0.3 is 9.47 Å². The molecular weight excluding hydrogens is 364 g/mol. The van der Waals surface area contributed by atoms with Gasteiger partial charge in [0.2, 0.25) is 0 Å². The van der Waals surface area contributed by atoms with Crippen LogP contribution < -0.4 is 4.74 Å². The zero-order chi connectivity index (χ0) is 20.4. The Hall–Kier alpha value is -3.67. The molecule has 146 valence electrons. The normalized spacial score (nSPS) is 10.9. The Morgan fingerprint density at radius 1 is 1.10 bits per heavy atom. The summed E-state index contributed by atoms with van der Waals surface area (Å²) in [7, 11) is 3.53. The van der Waals surface area contributed by atoms with E-state index in [9.17, 15) is 0 Å². The number of hydrogen-bond acceptors (Lipinski definition) is 5. The van der Waals surface area contributed by atoms with Crippen molar-refractivity contribution in [1.29, 1.82) is 0 Å². The molecule has 0 bridgehead atoms. The number of nitrogens with zero attached hydrogens (tertiary/aromatic N) is 4. The van der Waals surface area contributed by atoms with Crippen LogP contribution in [0.25, 0.3) is 39.2 Å². The molecule has 0 fully saturated rings. The lowest BCUT2D eigenvalue weighted by Crippen LogP contribution is -1.97. The lowest BCUT2D eigenvalue weighted by Gasteiger charge is -2.14. The van der Waals surface area contributed by atoms with Crippen molar-refractivity contribution in [2.75, 3.05) is 13.7 Å². The molecule has 0 spiro atoms. The summed E-state index contributed by atoms with van der Waals surface area (Å²) in [6, 6.07) is 13.9. The van der Waals surface area contributed by atoms with Crippen LogP contribution in [0.1, 0.15) is 12.5 Å².